The van der Waals surface area contributed by atoms with Crippen molar-refractivity contribution >= 4 is 5.97 Å². The Morgan fingerprint density at radius 3 is 2.52 bits per heavy atom. The molecule has 0 N–H and O–H groups in total. The van der Waals surface area contributed by atoms with Gasteiger partial charge in [0, 0.05) is 18.8 Å². The van der Waals surface area contributed by atoms with Crippen LogP contribution in [0.1, 0.15) is 75.6 Å². The Morgan fingerprint density at radius 2 is 1.88 bits per heavy atom. The molecule has 0 bridgehead atoms. The van der Waals surface area contributed by atoms with E-state index in [1.54, 1.807) is 12.5 Å². The van der Waals surface area contributed by atoms with Crippen LogP contribution in [-0.2, 0) is 9.53 Å². The van der Waals surface area contributed by atoms with Crippen LogP contribution in [0.2, 0.25) is 0 Å². The summed E-state index contributed by atoms with van der Waals surface area (Å²) in [5, 5.41) is 0. The Bertz CT molecular complexity index is 620. The van der Waals surface area contributed by atoms with Gasteiger partial charge < -0.3 is 9.30 Å². The lowest BCUT2D eigenvalue weighted by Gasteiger charge is -2.25. The third kappa shape index (κ3) is 6.04. The zero-order valence-corrected chi connectivity index (χ0v) is 15.6. The number of esters is 1. The predicted octanol–water partition coefficient (Wildman–Crippen LogP) is 5.40. The lowest BCUT2D eigenvalue weighted by Crippen LogP contribution is -2.20. The number of unbranched alkanes of at least 4 members (excludes halogenated alkanes) is 4. The number of hydrogen-bond acceptors (Lipinski definition) is 3. The van der Waals surface area contributed by atoms with Crippen molar-refractivity contribution in [3.05, 3.63) is 54.1 Å². The molecule has 0 aliphatic carbocycles. The molecule has 0 aliphatic heterocycles. The first-order valence-corrected chi connectivity index (χ1v) is 9.35. The maximum Gasteiger partial charge on any atom is 0.306 e. The highest BCUT2D eigenvalue weighted by molar-refractivity contribution is 5.69. The van der Waals surface area contributed by atoms with Gasteiger partial charge in [0.2, 0.25) is 0 Å². The smallest absolute Gasteiger partial charge is 0.306 e. The van der Waals surface area contributed by atoms with E-state index in [0.29, 0.717) is 6.42 Å². The van der Waals surface area contributed by atoms with E-state index in [2.05, 4.69) is 37.9 Å². The van der Waals surface area contributed by atoms with E-state index in [1.165, 1.54) is 24.8 Å². The molecule has 136 valence electrons. The van der Waals surface area contributed by atoms with E-state index >= 15 is 0 Å². The molecule has 1 heterocycles. The summed E-state index contributed by atoms with van der Waals surface area (Å²) in [7, 11) is 0. The molecule has 0 saturated heterocycles. The van der Waals surface area contributed by atoms with Crippen LogP contribution in [0.4, 0.5) is 0 Å². The van der Waals surface area contributed by atoms with E-state index < -0.39 is 0 Å². The molecule has 25 heavy (non-hydrogen) atoms. The third-order valence-corrected chi connectivity index (χ3v) is 4.58. The number of aryl methyl sites for hydroxylation is 1. The lowest BCUT2D eigenvalue weighted by atomic mass is 10.0. The van der Waals surface area contributed by atoms with Gasteiger partial charge in [-0.05, 0) is 25.8 Å². The molecule has 1 aromatic heterocycles. The molecule has 1 aromatic carbocycles. The fourth-order valence-electron chi connectivity index (χ4n) is 2.94. The van der Waals surface area contributed by atoms with Crippen LogP contribution in [0.15, 0.2) is 43.0 Å². The number of aromatic nitrogens is 2. The predicted molar refractivity (Wildman–Crippen MR) is 100 cm³/mol. The fraction of sp³-hybridized carbons (Fsp3) is 0.524. The molecule has 0 aliphatic rings. The van der Waals surface area contributed by atoms with Gasteiger partial charge in [0.05, 0.1) is 12.4 Å². The summed E-state index contributed by atoms with van der Waals surface area (Å²) < 4.78 is 7.87. The zero-order chi connectivity index (χ0) is 18.1. The maximum atomic E-state index is 12.4. The van der Waals surface area contributed by atoms with Crippen molar-refractivity contribution < 1.29 is 9.53 Å². The SMILES string of the molecule is CCCCCCCC(=O)OC(c1ccc(C)cc1)C(C)n1ccnc1. The van der Waals surface area contributed by atoms with Crippen molar-refractivity contribution in [3.8, 4) is 0 Å². The fourth-order valence-corrected chi connectivity index (χ4v) is 2.94. The summed E-state index contributed by atoms with van der Waals surface area (Å²) >= 11 is 0. The molecule has 2 atom stereocenters. The lowest BCUT2D eigenvalue weighted by molar-refractivity contribution is -0.151. The first kappa shape index (κ1) is 19.2. The van der Waals surface area contributed by atoms with Gasteiger partial charge in [-0.1, -0.05) is 62.4 Å². The van der Waals surface area contributed by atoms with Gasteiger partial charge in [0.1, 0.15) is 6.10 Å². The first-order chi connectivity index (χ1) is 12.1. The summed E-state index contributed by atoms with van der Waals surface area (Å²) in [4.78, 5) is 16.5. The largest absolute Gasteiger partial charge is 0.455 e. The van der Waals surface area contributed by atoms with E-state index in [0.717, 1.165) is 18.4 Å². The monoisotopic (exact) mass is 342 g/mol. The highest BCUT2D eigenvalue weighted by Gasteiger charge is 2.24. The summed E-state index contributed by atoms with van der Waals surface area (Å²) in [6, 6.07) is 8.20. The third-order valence-electron chi connectivity index (χ3n) is 4.58. The summed E-state index contributed by atoms with van der Waals surface area (Å²) in [5.41, 5.74) is 2.21. The highest BCUT2D eigenvalue weighted by atomic mass is 16.5. The van der Waals surface area contributed by atoms with Crippen LogP contribution in [0, 0.1) is 6.92 Å². The van der Waals surface area contributed by atoms with Gasteiger partial charge in [-0.2, -0.15) is 0 Å². The molecular formula is C21H30N2O2. The minimum Gasteiger partial charge on any atom is -0.455 e. The number of imidazole rings is 1. The zero-order valence-electron chi connectivity index (χ0n) is 15.6. The average Bonchev–Trinajstić information content (AvgIpc) is 3.14. The maximum absolute atomic E-state index is 12.4. The number of hydrogen-bond donors (Lipinski definition) is 0. The van der Waals surface area contributed by atoms with Crippen LogP contribution < -0.4 is 0 Å². The summed E-state index contributed by atoms with van der Waals surface area (Å²) in [5.74, 6) is -0.117. The van der Waals surface area contributed by atoms with E-state index in [9.17, 15) is 4.79 Å². The molecule has 2 aromatic rings. The molecule has 2 unspecified atom stereocenters. The van der Waals surface area contributed by atoms with Crippen LogP contribution >= 0.6 is 0 Å². The molecule has 0 fully saturated rings. The summed E-state index contributed by atoms with van der Waals surface area (Å²) in [6.07, 6.45) is 11.2. The van der Waals surface area contributed by atoms with Crippen molar-refractivity contribution in [3.63, 3.8) is 0 Å². The number of nitrogens with zero attached hydrogens (tertiary/aromatic N) is 2. The van der Waals surface area contributed by atoms with Gasteiger partial charge in [-0.25, -0.2) is 4.98 Å². The first-order valence-electron chi connectivity index (χ1n) is 9.35. The van der Waals surface area contributed by atoms with Crippen molar-refractivity contribution in [2.75, 3.05) is 0 Å². The molecule has 2 rings (SSSR count). The van der Waals surface area contributed by atoms with Gasteiger partial charge in [0.15, 0.2) is 0 Å². The van der Waals surface area contributed by atoms with Gasteiger partial charge in [0.25, 0.3) is 0 Å². The molecule has 0 radical (unpaired) electrons. The topological polar surface area (TPSA) is 44.1 Å². The number of ether oxygens (including phenoxy) is 1. The number of rotatable bonds is 10. The Balaban J connectivity index is 2.01. The molecule has 0 spiro atoms. The van der Waals surface area contributed by atoms with Crippen LogP contribution in [0.5, 0.6) is 0 Å². The van der Waals surface area contributed by atoms with Crippen molar-refractivity contribution in [2.24, 2.45) is 0 Å². The number of carbonyl (C=O) groups excluding carboxylic acids is 1. The van der Waals surface area contributed by atoms with Crippen LogP contribution in [0.3, 0.4) is 0 Å². The second-order valence-corrected chi connectivity index (χ2v) is 6.74. The Hall–Kier alpha value is -2.10. The van der Waals surface area contributed by atoms with Gasteiger partial charge >= 0.3 is 5.97 Å². The Labute approximate surface area is 151 Å². The van der Waals surface area contributed by atoms with Crippen molar-refractivity contribution in [2.45, 2.75) is 71.4 Å². The van der Waals surface area contributed by atoms with Gasteiger partial charge in [-0.3, -0.25) is 4.79 Å². The molecule has 4 heteroatoms. The summed E-state index contributed by atoms with van der Waals surface area (Å²) in [6.45, 7) is 6.30. The second kappa shape index (κ2) is 10.0. The molecular weight excluding hydrogens is 312 g/mol. The van der Waals surface area contributed by atoms with E-state index in [4.69, 9.17) is 4.74 Å². The number of benzene rings is 1. The average molecular weight is 342 g/mol. The Kier molecular flexibility index (Phi) is 7.71. The van der Waals surface area contributed by atoms with E-state index in [1.807, 2.05) is 22.9 Å². The molecule has 4 nitrogen and oxygen atoms in total. The van der Waals surface area contributed by atoms with Crippen molar-refractivity contribution in [1.29, 1.82) is 0 Å². The van der Waals surface area contributed by atoms with Crippen LogP contribution in [-0.4, -0.2) is 15.5 Å². The number of carbonyl (C=O) groups is 1. The minimum absolute atomic E-state index is 0.00533. The Morgan fingerprint density at radius 1 is 1.16 bits per heavy atom. The normalized spacial score (nSPS) is 13.4. The second-order valence-electron chi connectivity index (χ2n) is 6.74. The van der Waals surface area contributed by atoms with Crippen LogP contribution in [0.25, 0.3) is 0 Å². The standard InChI is InChI=1S/C21H30N2O2/c1-4-5-6-7-8-9-20(24)25-21(18(3)23-15-14-22-16-23)19-12-10-17(2)11-13-19/h10-16,18,21H,4-9H2,1-3H3. The van der Waals surface area contributed by atoms with E-state index in [-0.39, 0.29) is 18.1 Å². The molecule has 0 saturated carbocycles. The highest BCUT2D eigenvalue weighted by Crippen LogP contribution is 2.30. The van der Waals surface area contributed by atoms with Crippen molar-refractivity contribution in [1.82, 2.24) is 9.55 Å². The minimum atomic E-state index is -0.307. The van der Waals surface area contributed by atoms with Gasteiger partial charge in [-0.15, -0.1) is 0 Å². The molecule has 0 amide bonds. The quantitative estimate of drug-likeness (QED) is 0.429.